The van der Waals surface area contributed by atoms with Gasteiger partial charge in [-0.2, -0.15) is 0 Å². The zero-order valence-corrected chi connectivity index (χ0v) is 14.3. The third-order valence-corrected chi connectivity index (χ3v) is 4.59. The van der Waals surface area contributed by atoms with Gasteiger partial charge in [-0.25, -0.2) is 0 Å². The van der Waals surface area contributed by atoms with Crippen LogP contribution >= 0.6 is 0 Å². The molecule has 1 aliphatic heterocycles. The van der Waals surface area contributed by atoms with Gasteiger partial charge in [-0.15, -0.1) is 0 Å². The van der Waals surface area contributed by atoms with Crippen molar-refractivity contribution in [2.45, 2.75) is 19.8 Å². The molecule has 1 N–H and O–H groups in total. The molecule has 8 nitrogen and oxygen atoms in total. The molecule has 1 saturated heterocycles. The van der Waals surface area contributed by atoms with Gasteiger partial charge >= 0.3 is 0 Å². The molecule has 0 atom stereocenters. The Labute approximate surface area is 149 Å². The van der Waals surface area contributed by atoms with E-state index in [-0.39, 0.29) is 23.4 Å². The molecule has 0 spiro atoms. The second-order valence-corrected chi connectivity index (χ2v) is 6.33. The summed E-state index contributed by atoms with van der Waals surface area (Å²) < 4.78 is 4.93. The van der Waals surface area contributed by atoms with Gasteiger partial charge in [0.1, 0.15) is 6.26 Å². The normalized spacial score (nSPS) is 14.9. The minimum Gasteiger partial charge on any atom is -0.472 e. The van der Waals surface area contributed by atoms with Crippen LogP contribution in [0.1, 0.15) is 28.8 Å². The summed E-state index contributed by atoms with van der Waals surface area (Å²) in [7, 11) is 0. The summed E-state index contributed by atoms with van der Waals surface area (Å²) in [5, 5.41) is 13.8. The van der Waals surface area contributed by atoms with Crippen LogP contribution in [0.4, 0.5) is 11.4 Å². The Balaban J connectivity index is 1.58. The second-order valence-electron chi connectivity index (χ2n) is 6.33. The van der Waals surface area contributed by atoms with Crippen molar-refractivity contribution in [3.63, 3.8) is 0 Å². The third kappa shape index (κ3) is 3.74. The molecule has 1 fully saturated rings. The van der Waals surface area contributed by atoms with E-state index in [4.69, 9.17) is 4.42 Å². The highest BCUT2D eigenvalue weighted by atomic mass is 16.6. The third-order valence-electron chi connectivity index (χ3n) is 4.59. The lowest BCUT2D eigenvalue weighted by molar-refractivity contribution is -0.385. The molecule has 1 aromatic heterocycles. The Hall–Kier alpha value is -3.16. The number of nitrogens with one attached hydrogen (secondary N) is 1. The molecule has 1 aliphatic rings. The van der Waals surface area contributed by atoms with Crippen molar-refractivity contribution in [3.05, 3.63) is 58.0 Å². The molecule has 0 radical (unpaired) electrons. The molecule has 2 heterocycles. The summed E-state index contributed by atoms with van der Waals surface area (Å²) in [5.74, 6) is -0.519. The van der Waals surface area contributed by atoms with Gasteiger partial charge in [0, 0.05) is 36.3 Å². The monoisotopic (exact) mass is 357 g/mol. The standard InChI is InChI=1S/C18H19N3O5/c1-12-2-3-15(10-16(12)21(24)25)19-17(22)13-4-7-20(8-5-13)18(23)14-6-9-26-11-14/h2-3,6,9-11,13H,4-5,7-8H2,1H3,(H,19,22). The number of hydrogen-bond acceptors (Lipinski definition) is 5. The van der Waals surface area contributed by atoms with Gasteiger partial charge in [0.25, 0.3) is 11.6 Å². The van der Waals surface area contributed by atoms with Crippen LogP contribution in [0.3, 0.4) is 0 Å². The molecular formula is C18H19N3O5. The van der Waals surface area contributed by atoms with Gasteiger partial charge < -0.3 is 14.6 Å². The quantitative estimate of drug-likeness (QED) is 0.669. The first-order valence-electron chi connectivity index (χ1n) is 8.33. The van der Waals surface area contributed by atoms with E-state index >= 15 is 0 Å². The molecule has 3 rings (SSSR count). The van der Waals surface area contributed by atoms with E-state index < -0.39 is 4.92 Å². The number of nitro groups is 1. The molecule has 0 unspecified atom stereocenters. The van der Waals surface area contributed by atoms with Crippen LogP contribution in [0, 0.1) is 23.0 Å². The van der Waals surface area contributed by atoms with Crippen molar-refractivity contribution in [2.75, 3.05) is 18.4 Å². The molecule has 8 heteroatoms. The van der Waals surface area contributed by atoms with Crippen molar-refractivity contribution >= 4 is 23.2 Å². The smallest absolute Gasteiger partial charge is 0.274 e. The maximum absolute atomic E-state index is 12.4. The largest absolute Gasteiger partial charge is 0.472 e. The average Bonchev–Trinajstić information content (AvgIpc) is 3.17. The molecule has 0 bridgehead atoms. The van der Waals surface area contributed by atoms with Gasteiger partial charge in [-0.05, 0) is 31.9 Å². The van der Waals surface area contributed by atoms with Crippen LogP contribution in [0.15, 0.2) is 41.2 Å². The van der Waals surface area contributed by atoms with Crippen LogP contribution in [-0.2, 0) is 4.79 Å². The van der Waals surface area contributed by atoms with E-state index in [1.165, 1.54) is 18.6 Å². The molecular weight excluding hydrogens is 338 g/mol. The van der Waals surface area contributed by atoms with Gasteiger partial charge in [0.2, 0.25) is 5.91 Å². The average molecular weight is 357 g/mol. The number of nitro benzene ring substituents is 1. The van der Waals surface area contributed by atoms with Crippen molar-refractivity contribution in [2.24, 2.45) is 5.92 Å². The molecule has 136 valence electrons. The Bertz CT molecular complexity index is 823. The zero-order valence-electron chi connectivity index (χ0n) is 14.3. The van der Waals surface area contributed by atoms with Crippen LogP contribution < -0.4 is 5.32 Å². The first-order chi connectivity index (χ1) is 12.5. The Kier molecular flexibility index (Phi) is 5.01. The number of nitrogens with zero attached hydrogens (tertiary/aromatic N) is 2. The number of aryl methyl sites for hydroxylation is 1. The lowest BCUT2D eigenvalue weighted by Gasteiger charge is -2.31. The minimum atomic E-state index is -0.467. The van der Waals surface area contributed by atoms with Crippen molar-refractivity contribution in [1.82, 2.24) is 4.90 Å². The maximum Gasteiger partial charge on any atom is 0.274 e. The SMILES string of the molecule is Cc1ccc(NC(=O)C2CCN(C(=O)c3ccoc3)CC2)cc1[N+](=O)[O-]. The number of benzene rings is 1. The fourth-order valence-corrected chi connectivity index (χ4v) is 3.04. The highest BCUT2D eigenvalue weighted by Gasteiger charge is 2.28. The van der Waals surface area contributed by atoms with Crippen LogP contribution in [0.5, 0.6) is 0 Å². The van der Waals surface area contributed by atoms with Crippen molar-refractivity contribution in [1.29, 1.82) is 0 Å². The Morgan fingerprint density at radius 1 is 1.27 bits per heavy atom. The van der Waals surface area contributed by atoms with E-state index in [9.17, 15) is 19.7 Å². The summed E-state index contributed by atoms with van der Waals surface area (Å²) in [4.78, 5) is 36.9. The number of anilines is 1. The first kappa shape index (κ1) is 17.7. The number of carbonyl (C=O) groups is 2. The maximum atomic E-state index is 12.4. The summed E-state index contributed by atoms with van der Waals surface area (Å²) in [6.07, 6.45) is 3.95. The number of carbonyl (C=O) groups excluding carboxylic acids is 2. The summed E-state index contributed by atoms with van der Waals surface area (Å²) in [6, 6.07) is 6.24. The molecule has 0 aliphatic carbocycles. The van der Waals surface area contributed by atoms with Crippen molar-refractivity contribution < 1.29 is 18.9 Å². The summed E-state index contributed by atoms with van der Waals surface area (Å²) in [6.45, 7) is 2.61. The molecule has 1 aromatic carbocycles. The number of piperidine rings is 1. The Morgan fingerprint density at radius 3 is 2.62 bits per heavy atom. The first-order valence-corrected chi connectivity index (χ1v) is 8.33. The lowest BCUT2D eigenvalue weighted by Crippen LogP contribution is -2.41. The number of likely N-dealkylation sites (tertiary alicyclic amines) is 1. The van der Waals surface area contributed by atoms with Gasteiger partial charge in [0.05, 0.1) is 16.7 Å². The molecule has 26 heavy (non-hydrogen) atoms. The molecule has 0 saturated carbocycles. The van der Waals surface area contributed by atoms with E-state index in [1.807, 2.05) is 0 Å². The predicted molar refractivity (Wildman–Crippen MR) is 93.8 cm³/mol. The lowest BCUT2D eigenvalue weighted by atomic mass is 9.95. The minimum absolute atomic E-state index is 0.0247. The van der Waals surface area contributed by atoms with Gasteiger partial charge in [0.15, 0.2) is 0 Å². The fraction of sp³-hybridized carbons (Fsp3) is 0.333. The highest BCUT2D eigenvalue weighted by Crippen LogP contribution is 2.25. The number of hydrogen-bond donors (Lipinski definition) is 1. The second kappa shape index (κ2) is 7.38. The van der Waals surface area contributed by atoms with Crippen LogP contribution in [0.2, 0.25) is 0 Å². The van der Waals surface area contributed by atoms with Crippen molar-refractivity contribution in [3.8, 4) is 0 Å². The highest BCUT2D eigenvalue weighted by molar-refractivity contribution is 5.95. The van der Waals surface area contributed by atoms with E-state index in [0.29, 0.717) is 42.7 Å². The summed E-state index contributed by atoms with van der Waals surface area (Å²) in [5.41, 5.74) is 1.42. The topological polar surface area (TPSA) is 106 Å². The van der Waals surface area contributed by atoms with Gasteiger partial charge in [-0.1, -0.05) is 6.07 Å². The van der Waals surface area contributed by atoms with E-state index in [1.54, 1.807) is 30.0 Å². The van der Waals surface area contributed by atoms with Crippen LogP contribution in [0.25, 0.3) is 0 Å². The zero-order chi connectivity index (χ0) is 18.7. The molecule has 2 aromatic rings. The van der Waals surface area contributed by atoms with E-state index in [2.05, 4.69) is 5.32 Å². The summed E-state index contributed by atoms with van der Waals surface area (Å²) >= 11 is 0. The van der Waals surface area contributed by atoms with E-state index in [0.717, 1.165) is 0 Å². The number of rotatable bonds is 4. The number of amides is 2. The number of furan rings is 1. The predicted octanol–water partition coefficient (Wildman–Crippen LogP) is 2.99. The fourth-order valence-electron chi connectivity index (χ4n) is 3.04. The van der Waals surface area contributed by atoms with Gasteiger partial charge in [-0.3, -0.25) is 19.7 Å². The molecule has 2 amide bonds. The Morgan fingerprint density at radius 2 is 2.00 bits per heavy atom. The van der Waals surface area contributed by atoms with Crippen LogP contribution in [-0.4, -0.2) is 34.7 Å².